The van der Waals surface area contributed by atoms with E-state index in [1.165, 1.54) is 0 Å². The number of carbonyl (C=O) groups excluding carboxylic acids is 2. The first-order valence-electron chi connectivity index (χ1n) is 7.84. The number of anilines is 1. The third-order valence-electron chi connectivity index (χ3n) is 3.51. The van der Waals surface area contributed by atoms with Crippen molar-refractivity contribution in [2.75, 3.05) is 18.4 Å². The molecule has 1 rings (SSSR count). The van der Waals surface area contributed by atoms with Crippen LogP contribution in [0, 0.1) is 5.92 Å². The highest BCUT2D eigenvalue weighted by Crippen LogP contribution is 2.13. The SMILES string of the molecule is CCN(CC)C(=O)c1ccc(NC(=O)[C@@H](N)CC(C)C)cc1.Cl. The van der Waals surface area contributed by atoms with Crippen molar-refractivity contribution in [3.63, 3.8) is 0 Å². The smallest absolute Gasteiger partial charge is 0.253 e. The summed E-state index contributed by atoms with van der Waals surface area (Å²) >= 11 is 0. The van der Waals surface area contributed by atoms with Crippen LogP contribution in [0.25, 0.3) is 0 Å². The minimum atomic E-state index is -0.517. The van der Waals surface area contributed by atoms with Crippen LogP contribution < -0.4 is 11.1 Å². The number of nitrogens with two attached hydrogens (primary N) is 1. The number of hydrogen-bond acceptors (Lipinski definition) is 3. The number of benzene rings is 1. The molecule has 0 aliphatic rings. The Morgan fingerprint density at radius 2 is 1.65 bits per heavy atom. The Kier molecular flexibility index (Phi) is 9.53. The predicted octanol–water partition coefficient (Wildman–Crippen LogP) is 2.90. The van der Waals surface area contributed by atoms with E-state index in [0.29, 0.717) is 36.7 Å². The summed E-state index contributed by atoms with van der Waals surface area (Å²) in [5.74, 6) is 0.172. The first-order valence-corrected chi connectivity index (χ1v) is 7.84. The van der Waals surface area contributed by atoms with Gasteiger partial charge in [0.25, 0.3) is 5.91 Å². The van der Waals surface area contributed by atoms with Crippen molar-refractivity contribution >= 4 is 29.9 Å². The number of amides is 2. The number of nitrogens with one attached hydrogen (secondary N) is 1. The second-order valence-corrected chi connectivity index (χ2v) is 5.78. The minimum absolute atomic E-state index is 0. The van der Waals surface area contributed by atoms with Gasteiger partial charge in [0, 0.05) is 24.3 Å². The summed E-state index contributed by atoms with van der Waals surface area (Å²) in [5.41, 5.74) is 7.12. The maximum Gasteiger partial charge on any atom is 0.253 e. The molecule has 3 N–H and O–H groups in total. The molecule has 0 bridgehead atoms. The summed E-state index contributed by atoms with van der Waals surface area (Å²) in [6.45, 7) is 9.31. The summed E-state index contributed by atoms with van der Waals surface area (Å²) < 4.78 is 0. The average Bonchev–Trinajstić information content (AvgIpc) is 2.48. The Bertz CT molecular complexity index is 499. The second kappa shape index (κ2) is 10.2. The molecule has 23 heavy (non-hydrogen) atoms. The molecule has 0 aliphatic carbocycles. The molecule has 0 saturated heterocycles. The number of halogens is 1. The molecule has 0 spiro atoms. The van der Waals surface area contributed by atoms with E-state index in [4.69, 9.17) is 5.73 Å². The van der Waals surface area contributed by atoms with Gasteiger partial charge in [-0.25, -0.2) is 0 Å². The highest BCUT2D eigenvalue weighted by Gasteiger charge is 2.16. The highest BCUT2D eigenvalue weighted by molar-refractivity contribution is 5.97. The van der Waals surface area contributed by atoms with Gasteiger partial charge in [-0.3, -0.25) is 9.59 Å². The molecule has 0 aliphatic heterocycles. The minimum Gasteiger partial charge on any atom is -0.339 e. The molecule has 0 fully saturated rings. The van der Waals surface area contributed by atoms with Crippen LogP contribution in [0.1, 0.15) is 44.5 Å². The van der Waals surface area contributed by atoms with Gasteiger partial charge in [-0.2, -0.15) is 0 Å². The van der Waals surface area contributed by atoms with Gasteiger partial charge in [-0.1, -0.05) is 13.8 Å². The van der Waals surface area contributed by atoms with Crippen molar-refractivity contribution in [1.82, 2.24) is 4.90 Å². The number of hydrogen-bond donors (Lipinski definition) is 2. The standard InChI is InChI=1S/C17H27N3O2.ClH/c1-5-20(6-2)17(22)13-7-9-14(10-8-13)19-16(21)15(18)11-12(3)4;/h7-10,12,15H,5-6,11,18H2,1-4H3,(H,19,21);1H/t15-;/m0./s1. The molecule has 1 aromatic carbocycles. The summed E-state index contributed by atoms with van der Waals surface area (Å²) in [4.78, 5) is 25.9. The lowest BCUT2D eigenvalue weighted by molar-refractivity contribution is -0.117. The van der Waals surface area contributed by atoms with E-state index in [1.807, 2.05) is 27.7 Å². The Labute approximate surface area is 145 Å². The fourth-order valence-corrected chi connectivity index (χ4v) is 2.24. The molecule has 2 amide bonds. The van der Waals surface area contributed by atoms with E-state index in [9.17, 15) is 9.59 Å². The van der Waals surface area contributed by atoms with Crippen LogP contribution in [0.2, 0.25) is 0 Å². The van der Waals surface area contributed by atoms with Crippen LogP contribution >= 0.6 is 12.4 Å². The van der Waals surface area contributed by atoms with Crippen LogP contribution in [-0.4, -0.2) is 35.8 Å². The van der Waals surface area contributed by atoms with E-state index in [1.54, 1.807) is 29.2 Å². The Balaban J connectivity index is 0.00000484. The zero-order chi connectivity index (χ0) is 16.7. The Morgan fingerprint density at radius 3 is 2.09 bits per heavy atom. The fourth-order valence-electron chi connectivity index (χ4n) is 2.24. The van der Waals surface area contributed by atoms with E-state index < -0.39 is 6.04 Å². The summed E-state index contributed by atoms with van der Waals surface area (Å²) in [6, 6.07) is 6.40. The van der Waals surface area contributed by atoms with Crippen molar-refractivity contribution in [3.8, 4) is 0 Å². The Hall–Kier alpha value is -1.59. The maximum atomic E-state index is 12.2. The lowest BCUT2D eigenvalue weighted by atomic mass is 10.0. The first kappa shape index (κ1) is 21.4. The third-order valence-corrected chi connectivity index (χ3v) is 3.51. The van der Waals surface area contributed by atoms with Crippen LogP contribution in [0.3, 0.4) is 0 Å². The van der Waals surface area contributed by atoms with Gasteiger partial charge in [0.15, 0.2) is 0 Å². The topological polar surface area (TPSA) is 75.4 Å². The zero-order valence-electron chi connectivity index (χ0n) is 14.3. The molecule has 0 unspecified atom stereocenters. The molecule has 1 atom stereocenters. The lowest BCUT2D eigenvalue weighted by Gasteiger charge is -2.19. The van der Waals surface area contributed by atoms with Gasteiger partial charge < -0.3 is 16.0 Å². The van der Waals surface area contributed by atoms with Crippen molar-refractivity contribution in [3.05, 3.63) is 29.8 Å². The van der Waals surface area contributed by atoms with Gasteiger partial charge >= 0.3 is 0 Å². The molecule has 1 aromatic rings. The summed E-state index contributed by atoms with van der Waals surface area (Å²) in [5, 5.41) is 2.78. The van der Waals surface area contributed by atoms with Crippen LogP contribution in [0.15, 0.2) is 24.3 Å². The van der Waals surface area contributed by atoms with Crippen molar-refractivity contribution in [2.45, 2.75) is 40.2 Å². The molecule has 6 heteroatoms. The van der Waals surface area contributed by atoms with Crippen LogP contribution in [0.4, 0.5) is 5.69 Å². The zero-order valence-corrected chi connectivity index (χ0v) is 15.2. The fraction of sp³-hybridized carbons (Fsp3) is 0.529. The molecular weight excluding hydrogens is 314 g/mol. The van der Waals surface area contributed by atoms with Crippen molar-refractivity contribution in [2.24, 2.45) is 11.7 Å². The molecule has 5 nitrogen and oxygen atoms in total. The second-order valence-electron chi connectivity index (χ2n) is 5.78. The van der Waals surface area contributed by atoms with E-state index >= 15 is 0 Å². The number of rotatable bonds is 7. The molecule has 0 radical (unpaired) electrons. The molecule has 0 heterocycles. The number of nitrogens with zero attached hydrogens (tertiary/aromatic N) is 1. The van der Waals surface area contributed by atoms with Gasteiger partial charge in [-0.05, 0) is 50.5 Å². The largest absolute Gasteiger partial charge is 0.339 e. The molecule has 0 aromatic heterocycles. The van der Waals surface area contributed by atoms with Gasteiger partial charge in [0.05, 0.1) is 6.04 Å². The third kappa shape index (κ3) is 6.59. The van der Waals surface area contributed by atoms with Gasteiger partial charge in [0.1, 0.15) is 0 Å². The van der Waals surface area contributed by atoms with E-state index in [2.05, 4.69) is 5.32 Å². The van der Waals surface area contributed by atoms with Crippen molar-refractivity contribution < 1.29 is 9.59 Å². The maximum absolute atomic E-state index is 12.2. The number of carbonyl (C=O) groups is 2. The Morgan fingerprint density at radius 1 is 1.13 bits per heavy atom. The quantitative estimate of drug-likeness (QED) is 0.800. The monoisotopic (exact) mass is 341 g/mol. The van der Waals surface area contributed by atoms with Gasteiger partial charge in [0.2, 0.25) is 5.91 Å². The highest BCUT2D eigenvalue weighted by atomic mass is 35.5. The van der Waals surface area contributed by atoms with E-state index in [-0.39, 0.29) is 24.2 Å². The first-order chi connectivity index (χ1) is 10.4. The predicted molar refractivity (Wildman–Crippen MR) is 97.0 cm³/mol. The lowest BCUT2D eigenvalue weighted by Crippen LogP contribution is -2.36. The van der Waals surface area contributed by atoms with Gasteiger partial charge in [-0.15, -0.1) is 12.4 Å². The van der Waals surface area contributed by atoms with Crippen molar-refractivity contribution in [1.29, 1.82) is 0 Å². The summed E-state index contributed by atoms with van der Waals surface area (Å²) in [6.07, 6.45) is 0.643. The van der Waals surface area contributed by atoms with Crippen LogP contribution in [0.5, 0.6) is 0 Å². The van der Waals surface area contributed by atoms with Crippen LogP contribution in [-0.2, 0) is 4.79 Å². The van der Waals surface area contributed by atoms with E-state index in [0.717, 1.165) is 0 Å². The average molecular weight is 342 g/mol. The molecular formula is C17H28ClN3O2. The summed E-state index contributed by atoms with van der Waals surface area (Å²) in [7, 11) is 0. The molecule has 0 saturated carbocycles. The molecule has 130 valence electrons. The normalized spacial score (nSPS) is 11.6.